The van der Waals surface area contributed by atoms with Gasteiger partial charge in [-0.05, 0) is 28.1 Å². The van der Waals surface area contributed by atoms with Crippen LogP contribution in [0.4, 0.5) is 0 Å². The summed E-state index contributed by atoms with van der Waals surface area (Å²) in [6.07, 6.45) is 3.02. The number of hydrogen-bond donors (Lipinski definition) is 1. The smallest absolute Gasteiger partial charge is 0.254 e. The molecule has 2 aromatic heterocycles. The molecule has 3 heterocycles. The van der Waals surface area contributed by atoms with Gasteiger partial charge < -0.3 is 10.6 Å². The highest BCUT2D eigenvalue weighted by Crippen LogP contribution is 2.27. The van der Waals surface area contributed by atoms with Crippen molar-refractivity contribution in [1.29, 1.82) is 0 Å². The summed E-state index contributed by atoms with van der Waals surface area (Å²) in [6, 6.07) is 13.4. The molecule has 8 heteroatoms. The number of pyridine rings is 1. The molecule has 25 heavy (non-hydrogen) atoms. The average molecular weight is 335 g/mol. The van der Waals surface area contributed by atoms with Gasteiger partial charge in [-0.3, -0.25) is 4.79 Å². The lowest BCUT2D eigenvalue weighted by Gasteiger charge is -2.16. The van der Waals surface area contributed by atoms with Crippen molar-refractivity contribution in [2.75, 3.05) is 13.1 Å². The van der Waals surface area contributed by atoms with Gasteiger partial charge in [0, 0.05) is 36.8 Å². The van der Waals surface area contributed by atoms with Gasteiger partial charge in [0.1, 0.15) is 6.33 Å². The zero-order valence-corrected chi connectivity index (χ0v) is 13.4. The van der Waals surface area contributed by atoms with Crippen LogP contribution in [0.3, 0.4) is 0 Å². The van der Waals surface area contributed by atoms with Crippen molar-refractivity contribution in [2.45, 2.75) is 12.0 Å². The molecule has 2 atom stereocenters. The fourth-order valence-electron chi connectivity index (χ4n) is 3.17. The van der Waals surface area contributed by atoms with Gasteiger partial charge in [-0.2, -0.15) is 4.68 Å². The van der Waals surface area contributed by atoms with Crippen molar-refractivity contribution in [3.8, 4) is 5.82 Å². The van der Waals surface area contributed by atoms with Gasteiger partial charge in [0.15, 0.2) is 5.82 Å². The van der Waals surface area contributed by atoms with Crippen molar-refractivity contribution in [2.24, 2.45) is 5.73 Å². The van der Waals surface area contributed by atoms with E-state index in [1.165, 1.54) is 11.0 Å². The minimum absolute atomic E-state index is 0.0643. The summed E-state index contributed by atoms with van der Waals surface area (Å²) in [5.74, 6) is 0.579. The van der Waals surface area contributed by atoms with Gasteiger partial charge in [-0.25, -0.2) is 4.98 Å². The first kappa shape index (κ1) is 15.4. The molecule has 8 nitrogen and oxygen atoms in total. The number of benzene rings is 1. The third kappa shape index (κ3) is 2.99. The number of likely N-dealkylation sites (tertiary alicyclic amines) is 1. The third-order valence-electron chi connectivity index (χ3n) is 4.46. The maximum atomic E-state index is 12.9. The maximum Gasteiger partial charge on any atom is 0.254 e. The molecule has 0 radical (unpaired) electrons. The van der Waals surface area contributed by atoms with Crippen LogP contribution in [0.2, 0.25) is 0 Å². The summed E-state index contributed by atoms with van der Waals surface area (Å²) in [6.45, 7) is 1.13. The minimum atomic E-state index is -0.0767. The molecule has 1 amide bonds. The molecule has 1 aliphatic heterocycles. The molecule has 1 saturated heterocycles. The molecule has 1 aromatic carbocycles. The summed E-state index contributed by atoms with van der Waals surface area (Å²) in [4.78, 5) is 18.9. The lowest BCUT2D eigenvalue weighted by molar-refractivity contribution is 0.0789. The van der Waals surface area contributed by atoms with E-state index in [4.69, 9.17) is 5.73 Å². The van der Waals surface area contributed by atoms with Crippen LogP contribution in [-0.2, 0) is 0 Å². The van der Waals surface area contributed by atoms with E-state index in [1.807, 2.05) is 18.2 Å². The van der Waals surface area contributed by atoms with Crippen LogP contribution < -0.4 is 5.73 Å². The lowest BCUT2D eigenvalue weighted by Crippen LogP contribution is -2.32. The predicted molar refractivity (Wildman–Crippen MR) is 90.0 cm³/mol. The molecule has 1 fully saturated rings. The number of carbonyl (C=O) groups excluding carboxylic acids is 1. The van der Waals surface area contributed by atoms with E-state index < -0.39 is 0 Å². The fraction of sp³-hybridized carbons (Fsp3) is 0.235. The highest BCUT2D eigenvalue weighted by molar-refractivity contribution is 5.94. The first-order valence-electron chi connectivity index (χ1n) is 8.01. The molecular weight excluding hydrogens is 318 g/mol. The summed E-state index contributed by atoms with van der Waals surface area (Å²) >= 11 is 0. The van der Waals surface area contributed by atoms with Crippen LogP contribution in [0, 0.1) is 0 Å². The van der Waals surface area contributed by atoms with Crippen LogP contribution in [0.15, 0.2) is 55.0 Å². The second-order valence-corrected chi connectivity index (χ2v) is 6.05. The van der Waals surface area contributed by atoms with E-state index in [0.29, 0.717) is 24.5 Å². The zero-order valence-electron chi connectivity index (χ0n) is 13.4. The normalized spacial score (nSPS) is 20.0. The van der Waals surface area contributed by atoms with Crippen LogP contribution in [0.1, 0.15) is 21.8 Å². The number of nitrogens with zero attached hydrogens (tertiary/aromatic N) is 6. The molecule has 3 aromatic rings. The van der Waals surface area contributed by atoms with E-state index in [1.54, 1.807) is 23.2 Å². The van der Waals surface area contributed by atoms with Crippen molar-refractivity contribution in [3.05, 3.63) is 66.1 Å². The molecule has 2 N–H and O–H groups in total. The monoisotopic (exact) mass is 335 g/mol. The molecule has 0 bridgehead atoms. The van der Waals surface area contributed by atoms with Gasteiger partial charge >= 0.3 is 0 Å². The molecule has 0 aliphatic carbocycles. The fourth-order valence-corrected chi connectivity index (χ4v) is 3.17. The quantitative estimate of drug-likeness (QED) is 0.753. The minimum Gasteiger partial charge on any atom is -0.336 e. The number of carbonyl (C=O) groups is 1. The molecule has 4 rings (SSSR count). The van der Waals surface area contributed by atoms with Gasteiger partial charge in [0.2, 0.25) is 0 Å². The molecule has 0 unspecified atom stereocenters. The van der Waals surface area contributed by atoms with Crippen molar-refractivity contribution >= 4 is 5.91 Å². The Morgan fingerprint density at radius 1 is 1.16 bits per heavy atom. The number of nitrogens with two attached hydrogens (primary N) is 1. The Balaban J connectivity index is 1.55. The van der Waals surface area contributed by atoms with Crippen molar-refractivity contribution in [3.63, 3.8) is 0 Å². The second-order valence-electron chi connectivity index (χ2n) is 6.05. The SMILES string of the molecule is N[C@@H]1CN(C(=O)c2ccnc(-n3cnnn3)c2)C[C@H]1c1ccccc1. The van der Waals surface area contributed by atoms with Gasteiger partial charge in [0.25, 0.3) is 5.91 Å². The lowest BCUT2D eigenvalue weighted by atomic mass is 9.95. The highest BCUT2D eigenvalue weighted by Gasteiger charge is 2.34. The number of rotatable bonds is 3. The van der Waals surface area contributed by atoms with E-state index >= 15 is 0 Å². The Kier molecular flexibility index (Phi) is 3.95. The predicted octanol–water partition coefficient (Wildman–Crippen LogP) is 0.624. The molecule has 126 valence electrons. The van der Waals surface area contributed by atoms with Gasteiger partial charge in [-0.15, -0.1) is 5.10 Å². The Morgan fingerprint density at radius 3 is 2.76 bits per heavy atom. The van der Waals surface area contributed by atoms with Gasteiger partial charge in [0.05, 0.1) is 0 Å². The molecular formula is C17H17N7O. The number of aromatic nitrogens is 5. The summed E-state index contributed by atoms with van der Waals surface area (Å²) in [5.41, 5.74) is 7.99. The van der Waals surface area contributed by atoms with E-state index in [-0.39, 0.29) is 17.9 Å². The van der Waals surface area contributed by atoms with Crippen molar-refractivity contribution < 1.29 is 4.79 Å². The average Bonchev–Trinajstić information content (AvgIpc) is 3.32. The van der Waals surface area contributed by atoms with Crippen LogP contribution >= 0.6 is 0 Å². The second kappa shape index (κ2) is 6.40. The summed E-state index contributed by atoms with van der Waals surface area (Å²) < 4.78 is 1.42. The topological polar surface area (TPSA) is 103 Å². The van der Waals surface area contributed by atoms with E-state index in [2.05, 4.69) is 32.6 Å². The first-order valence-corrected chi connectivity index (χ1v) is 8.01. The van der Waals surface area contributed by atoms with Crippen molar-refractivity contribution in [1.82, 2.24) is 30.1 Å². The Labute approximate surface area is 144 Å². The Bertz CT molecular complexity index is 866. The Morgan fingerprint density at radius 2 is 2.00 bits per heavy atom. The first-order chi connectivity index (χ1) is 12.2. The number of tetrazole rings is 1. The largest absolute Gasteiger partial charge is 0.336 e. The zero-order chi connectivity index (χ0) is 17.2. The molecule has 1 aliphatic rings. The maximum absolute atomic E-state index is 12.9. The third-order valence-corrected chi connectivity index (χ3v) is 4.46. The van der Waals surface area contributed by atoms with Crippen LogP contribution in [0.5, 0.6) is 0 Å². The summed E-state index contributed by atoms with van der Waals surface area (Å²) in [7, 11) is 0. The van der Waals surface area contributed by atoms with Crippen LogP contribution in [-0.4, -0.2) is 55.1 Å². The highest BCUT2D eigenvalue weighted by atomic mass is 16.2. The standard InChI is InChI=1S/C17H17N7O/c18-15-10-23(9-14(15)12-4-2-1-3-5-12)17(25)13-6-7-19-16(8-13)24-11-20-21-22-24/h1-8,11,14-15H,9-10,18H2/t14-,15+/m0/s1. The van der Waals surface area contributed by atoms with E-state index in [0.717, 1.165) is 5.56 Å². The number of amides is 1. The number of hydrogen-bond acceptors (Lipinski definition) is 6. The van der Waals surface area contributed by atoms with E-state index in [9.17, 15) is 4.79 Å². The van der Waals surface area contributed by atoms with Crippen LogP contribution in [0.25, 0.3) is 5.82 Å². The van der Waals surface area contributed by atoms with Gasteiger partial charge in [-0.1, -0.05) is 30.3 Å². The molecule has 0 saturated carbocycles. The summed E-state index contributed by atoms with van der Waals surface area (Å²) in [5, 5.41) is 11.0. The molecule has 0 spiro atoms. The Hall–Kier alpha value is -3.13.